The number of hydrogen-bond donors (Lipinski definition) is 3. The average molecular weight is 707 g/mol. The van der Waals surface area contributed by atoms with Gasteiger partial charge in [0.1, 0.15) is 11.2 Å². The molecule has 51 heavy (non-hydrogen) atoms. The third-order valence-corrected chi connectivity index (χ3v) is 11.3. The van der Waals surface area contributed by atoms with Crippen molar-refractivity contribution in [1.29, 1.82) is 0 Å². The minimum Gasteiger partial charge on any atom is -0.481 e. The molecule has 2 aliphatic heterocycles. The molecule has 2 amide bonds. The number of carbonyl (C=O) groups excluding carboxylic acids is 1. The minimum absolute atomic E-state index is 0.0945. The van der Waals surface area contributed by atoms with Crippen molar-refractivity contribution in [3.63, 3.8) is 0 Å². The van der Waals surface area contributed by atoms with Gasteiger partial charge in [-0.2, -0.15) is 0 Å². The van der Waals surface area contributed by atoms with Gasteiger partial charge in [0, 0.05) is 67.8 Å². The third kappa shape index (κ3) is 5.35. The van der Waals surface area contributed by atoms with Crippen LogP contribution in [0.2, 0.25) is 5.02 Å². The number of aromatic nitrogens is 4. The van der Waals surface area contributed by atoms with E-state index in [9.17, 15) is 14.4 Å². The lowest BCUT2D eigenvalue weighted by atomic mass is 9.96. The summed E-state index contributed by atoms with van der Waals surface area (Å²) in [5.74, 6) is 0.979. The Morgan fingerprint density at radius 2 is 1.76 bits per heavy atom. The van der Waals surface area contributed by atoms with Crippen LogP contribution >= 0.6 is 11.6 Å². The summed E-state index contributed by atoms with van der Waals surface area (Å²) in [7, 11) is 4.78. The Balaban J connectivity index is 1.14. The summed E-state index contributed by atoms with van der Waals surface area (Å²) < 4.78 is 8.49. The van der Waals surface area contributed by atoms with Crippen molar-refractivity contribution in [2.24, 2.45) is 14.1 Å². The number of likely N-dealkylation sites (tertiary alicyclic amines) is 1. The van der Waals surface area contributed by atoms with Gasteiger partial charge in [0.25, 0.3) is 5.56 Å². The molecule has 2 aromatic carbocycles. The molecule has 3 aliphatic rings. The van der Waals surface area contributed by atoms with E-state index in [1.165, 1.54) is 17.2 Å². The van der Waals surface area contributed by atoms with Crippen LogP contribution in [0.15, 0.2) is 58.1 Å². The molecule has 0 saturated carbocycles. The molecule has 2 unspecified atom stereocenters. The summed E-state index contributed by atoms with van der Waals surface area (Å²) in [5.41, 5.74) is 7.41. The number of amides is 2. The first-order valence-electron chi connectivity index (χ1n) is 17.1. The second-order valence-electron chi connectivity index (χ2n) is 13.9. The lowest BCUT2D eigenvalue weighted by Gasteiger charge is -2.28. The first-order valence-corrected chi connectivity index (χ1v) is 17.5. The van der Waals surface area contributed by atoms with E-state index in [2.05, 4.69) is 31.9 Å². The number of ether oxygens (including phenoxy) is 1. The van der Waals surface area contributed by atoms with E-state index in [1.807, 2.05) is 50.2 Å². The zero-order valence-electron chi connectivity index (χ0n) is 29.2. The topological polar surface area (TPSA) is 135 Å². The van der Waals surface area contributed by atoms with Crippen molar-refractivity contribution < 1.29 is 9.53 Å². The Labute approximate surface area is 299 Å². The SMILES string of the molecule is COc1nc(-c2cccc(-c3cccc(Nc4nc(C)cc5c4c(=O)n(C)c(=O)n5C)c3C)c2Cl)cc2c1C(N1CCC3(CNC(=O)N3)C1)CC2. The van der Waals surface area contributed by atoms with Gasteiger partial charge in [0.2, 0.25) is 5.88 Å². The summed E-state index contributed by atoms with van der Waals surface area (Å²) in [6.45, 7) is 6.16. The molecule has 0 bridgehead atoms. The molecule has 5 heterocycles. The number of pyridine rings is 2. The van der Waals surface area contributed by atoms with Gasteiger partial charge in [-0.1, -0.05) is 41.9 Å². The van der Waals surface area contributed by atoms with E-state index in [-0.39, 0.29) is 17.6 Å². The van der Waals surface area contributed by atoms with Crippen molar-refractivity contribution in [3.8, 4) is 28.3 Å². The largest absolute Gasteiger partial charge is 0.481 e. The fraction of sp³-hybridized carbons (Fsp3) is 0.342. The van der Waals surface area contributed by atoms with Gasteiger partial charge in [-0.25, -0.2) is 19.6 Å². The summed E-state index contributed by atoms with van der Waals surface area (Å²) in [6.07, 6.45) is 2.75. The first kappa shape index (κ1) is 33.0. The van der Waals surface area contributed by atoms with Crippen LogP contribution in [0.3, 0.4) is 0 Å². The van der Waals surface area contributed by atoms with Crippen LogP contribution in [0.5, 0.6) is 5.88 Å². The molecule has 2 fully saturated rings. The first-order chi connectivity index (χ1) is 24.5. The number of halogens is 1. The summed E-state index contributed by atoms with van der Waals surface area (Å²) >= 11 is 7.25. The summed E-state index contributed by atoms with van der Waals surface area (Å²) in [6, 6.07) is 15.8. The van der Waals surface area contributed by atoms with E-state index >= 15 is 0 Å². The van der Waals surface area contributed by atoms with Crippen LogP contribution in [0.25, 0.3) is 33.3 Å². The monoisotopic (exact) mass is 706 g/mol. The second kappa shape index (κ2) is 12.2. The number of rotatable bonds is 6. The molecule has 2 atom stereocenters. The van der Waals surface area contributed by atoms with E-state index in [0.29, 0.717) is 39.9 Å². The number of methoxy groups -OCH3 is 1. The number of nitrogens with one attached hydrogen (secondary N) is 3. The molecule has 12 nitrogen and oxygen atoms in total. The van der Waals surface area contributed by atoms with Crippen LogP contribution in [-0.2, 0) is 20.5 Å². The number of urea groups is 1. The number of nitrogens with zero attached hydrogens (tertiary/aromatic N) is 5. The Morgan fingerprint density at radius 3 is 2.53 bits per heavy atom. The maximum Gasteiger partial charge on any atom is 0.330 e. The van der Waals surface area contributed by atoms with Crippen molar-refractivity contribution in [3.05, 3.63) is 96.8 Å². The Hall–Kier alpha value is -5.20. The van der Waals surface area contributed by atoms with E-state index in [4.69, 9.17) is 21.3 Å². The predicted octanol–water partition coefficient (Wildman–Crippen LogP) is 5.13. The molecule has 262 valence electrons. The Morgan fingerprint density at radius 1 is 1.00 bits per heavy atom. The maximum atomic E-state index is 13.3. The lowest BCUT2D eigenvalue weighted by Crippen LogP contribution is -2.46. The highest BCUT2D eigenvalue weighted by molar-refractivity contribution is 6.36. The Bertz CT molecular complexity index is 2410. The Kier molecular flexibility index (Phi) is 7.91. The zero-order chi connectivity index (χ0) is 35.8. The third-order valence-electron chi connectivity index (χ3n) is 10.8. The number of benzene rings is 2. The van der Waals surface area contributed by atoms with Crippen LogP contribution in [0.1, 0.15) is 41.3 Å². The summed E-state index contributed by atoms with van der Waals surface area (Å²) in [5, 5.41) is 10.4. The smallest absolute Gasteiger partial charge is 0.330 e. The van der Waals surface area contributed by atoms with Crippen molar-refractivity contribution >= 4 is 40.0 Å². The molecule has 3 N–H and O–H groups in total. The molecular weight excluding hydrogens is 668 g/mol. The van der Waals surface area contributed by atoms with Gasteiger partial charge in [0.15, 0.2) is 0 Å². The highest BCUT2D eigenvalue weighted by atomic mass is 35.5. The van der Waals surface area contributed by atoms with Gasteiger partial charge in [-0.3, -0.25) is 18.8 Å². The normalized spacial score (nSPS) is 19.8. The van der Waals surface area contributed by atoms with Crippen LogP contribution in [-0.4, -0.2) is 62.3 Å². The number of carbonyl (C=O) groups is 1. The molecule has 13 heteroatoms. The van der Waals surface area contributed by atoms with Gasteiger partial charge in [-0.05, 0) is 68.0 Å². The van der Waals surface area contributed by atoms with Crippen molar-refractivity contribution in [1.82, 2.24) is 34.6 Å². The molecule has 1 aliphatic carbocycles. The fourth-order valence-corrected chi connectivity index (χ4v) is 8.49. The van der Waals surface area contributed by atoms with Crippen LogP contribution < -0.4 is 31.9 Å². The van der Waals surface area contributed by atoms with Gasteiger partial charge in [-0.15, -0.1) is 0 Å². The molecule has 0 radical (unpaired) electrons. The van der Waals surface area contributed by atoms with E-state index < -0.39 is 11.2 Å². The minimum atomic E-state index is -0.416. The van der Waals surface area contributed by atoms with Crippen molar-refractivity contribution in [2.45, 2.75) is 44.7 Å². The van der Waals surface area contributed by atoms with Crippen LogP contribution in [0, 0.1) is 13.8 Å². The molecule has 3 aromatic heterocycles. The van der Waals surface area contributed by atoms with E-state index in [1.54, 1.807) is 20.2 Å². The van der Waals surface area contributed by atoms with Gasteiger partial charge < -0.3 is 20.7 Å². The number of aryl methyl sites for hydroxylation is 3. The molecule has 1 spiro atoms. The predicted molar refractivity (Wildman–Crippen MR) is 198 cm³/mol. The molecular formula is C38H39ClN8O4. The highest BCUT2D eigenvalue weighted by Gasteiger charge is 2.46. The summed E-state index contributed by atoms with van der Waals surface area (Å²) in [4.78, 5) is 50.0. The van der Waals surface area contributed by atoms with Gasteiger partial charge >= 0.3 is 11.7 Å². The van der Waals surface area contributed by atoms with E-state index in [0.717, 1.165) is 76.1 Å². The number of fused-ring (bicyclic) bond motifs is 2. The molecule has 8 rings (SSSR count). The number of hydrogen-bond acceptors (Lipinski definition) is 8. The number of anilines is 2. The average Bonchev–Trinajstić information content (AvgIpc) is 3.84. The fourth-order valence-electron chi connectivity index (χ4n) is 8.17. The lowest BCUT2D eigenvalue weighted by molar-refractivity contribution is 0.219. The molecule has 2 saturated heterocycles. The van der Waals surface area contributed by atoms with Crippen molar-refractivity contribution in [2.75, 3.05) is 32.1 Å². The standard InChI is InChI=1S/C38H39ClN8O4/c1-20-16-29-31(35(48)46(4)37(50)45(29)3)33(41-20)42-26-11-7-8-23(21(26)2)24-9-6-10-25(32(24)39)27-17-22-12-13-28(30(22)34(43-27)51-5)47-15-14-38(19-47)18-40-36(49)44-38/h6-11,16-17,28H,12-15,18-19H2,1-5H3,(H,41,42)(H2,40,44,49). The molecule has 5 aromatic rings. The van der Waals surface area contributed by atoms with Crippen LogP contribution in [0.4, 0.5) is 16.3 Å². The van der Waals surface area contributed by atoms with Gasteiger partial charge in [0.05, 0.1) is 28.9 Å². The maximum absolute atomic E-state index is 13.3. The second-order valence-corrected chi connectivity index (χ2v) is 14.3. The zero-order valence-corrected chi connectivity index (χ0v) is 29.9. The highest BCUT2D eigenvalue weighted by Crippen LogP contribution is 2.46. The quantitative estimate of drug-likeness (QED) is 0.221.